The molecule has 0 aromatic heterocycles. The summed E-state index contributed by atoms with van der Waals surface area (Å²) >= 11 is 0. The number of carboxylic acids is 1. The molecule has 0 saturated carbocycles. The molecule has 3 nitrogen and oxygen atoms in total. The van der Waals surface area contributed by atoms with Gasteiger partial charge < -0.3 is 9.84 Å². The molecule has 0 spiro atoms. The Balaban J connectivity index is 2.60. The van der Waals surface area contributed by atoms with Crippen molar-refractivity contribution in [3.63, 3.8) is 0 Å². The summed E-state index contributed by atoms with van der Waals surface area (Å²) in [5, 5.41) is 10.9. The number of aryl methyl sites for hydroxylation is 1. The molecule has 0 aliphatic rings. The molecule has 0 amide bonds. The lowest BCUT2D eigenvalue weighted by atomic mass is 10.0. The zero-order valence-electron chi connectivity index (χ0n) is 9.86. The van der Waals surface area contributed by atoms with Crippen LogP contribution < -0.4 is 4.74 Å². The number of carbonyl (C=O) groups is 1. The normalized spacial score (nSPS) is 10.5. The number of methoxy groups -OCH3 is 1. The third kappa shape index (κ3) is 2.38. The van der Waals surface area contributed by atoms with Crippen LogP contribution >= 0.6 is 0 Å². The molecule has 1 N–H and O–H groups in total. The molecule has 0 atom stereocenters. The Labute approximate surface area is 99.6 Å². The molecule has 2 aromatic rings. The molecule has 3 heteroatoms. The second-order valence-electron chi connectivity index (χ2n) is 4.09. The van der Waals surface area contributed by atoms with Crippen molar-refractivity contribution in [1.29, 1.82) is 0 Å². The highest BCUT2D eigenvalue weighted by Crippen LogP contribution is 2.27. The third-order valence-electron chi connectivity index (χ3n) is 2.74. The Kier molecular flexibility index (Phi) is 3.00. The van der Waals surface area contributed by atoms with Crippen LogP contribution in [0, 0.1) is 6.92 Å². The summed E-state index contributed by atoms with van der Waals surface area (Å²) in [6.45, 7) is 2.02. The van der Waals surface area contributed by atoms with Crippen LogP contribution in [-0.4, -0.2) is 18.2 Å². The van der Waals surface area contributed by atoms with Gasteiger partial charge in [0.1, 0.15) is 5.75 Å². The fraction of sp³-hybridized carbons (Fsp3) is 0.214. The van der Waals surface area contributed by atoms with Gasteiger partial charge in [0.05, 0.1) is 13.5 Å². The van der Waals surface area contributed by atoms with Crippen LogP contribution in [0.3, 0.4) is 0 Å². The van der Waals surface area contributed by atoms with E-state index in [2.05, 4.69) is 6.07 Å². The van der Waals surface area contributed by atoms with E-state index in [0.717, 1.165) is 10.8 Å². The second-order valence-corrected chi connectivity index (χ2v) is 4.09. The smallest absolute Gasteiger partial charge is 0.307 e. The number of hydrogen-bond acceptors (Lipinski definition) is 2. The maximum Gasteiger partial charge on any atom is 0.307 e. The first kappa shape index (κ1) is 11.5. The summed E-state index contributed by atoms with van der Waals surface area (Å²) in [7, 11) is 1.56. The van der Waals surface area contributed by atoms with E-state index in [1.54, 1.807) is 7.11 Å². The van der Waals surface area contributed by atoms with Crippen molar-refractivity contribution in [1.82, 2.24) is 0 Å². The zero-order valence-corrected chi connectivity index (χ0v) is 9.86. The van der Waals surface area contributed by atoms with Gasteiger partial charge in [-0.15, -0.1) is 0 Å². The lowest BCUT2D eigenvalue weighted by Gasteiger charge is -2.09. The molecule has 0 bridgehead atoms. The summed E-state index contributed by atoms with van der Waals surface area (Å²) < 4.78 is 5.23. The van der Waals surface area contributed by atoms with Gasteiger partial charge in [-0.2, -0.15) is 0 Å². The van der Waals surface area contributed by atoms with Gasteiger partial charge in [0.2, 0.25) is 0 Å². The molecule has 0 radical (unpaired) electrons. The first-order valence-electron chi connectivity index (χ1n) is 5.39. The monoisotopic (exact) mass is 230 g/mol. The predicted octanol–water partition coefficient (Wildman–Crippen LogP) is 2.78. The minimum absolute atomic E-state index is 0.0208. The Morgan fingerprint density at radius 1 is 1.24 bits per heavy atom. The summed E-state index contributed by atoms with van der Waals surface area (Å²) in [6, 6.07) is 9.83. The van der Waals surface area contributed by atoms with Gasteiger partial charge in [-0.05, 0) is 29.8 Å². The molecule has 2 rings (SSSR count). The largest absolute Gasteiger partial charge is 0.496 e. The van der Waals surface area contributed by atoms with E-state index in [0.29, 0.717) is 11.3 Å². The Hall–Kier alpha value is -2.03. The molecule has 0 heterocycles. The first-order chi connectivity index (χ1) is 8.10. The van der Waals surface area contributed by atoms with Crippen LogP contribution in [0.25, 0.3) is 10.8 Å². The van der Waals surface area contributed by atoms with Crippen molar-refractivity contribution in [3.8, 4) is 5.75 Å². The van der Waals surface area contributed by atoms with Gasteiger partial charge in [0.25, 0.3) is 0 Å². The van der Waals surface area contributed by atoms with Crippen molar-refractivity contribution in [3.05, 3.63) is 41.5 Å². The van der Waals surface area contributed by atoms with E-state index >= 15 is 0 Å². The zero-order chi connectivity index (χ0) is 12.4. The fourth-order valence-corrected chi connectivity index (χ4v) is 1.93. The lowest BCUT2D eigenvalue weighted by Crippen LogP contribution is -2.02. The molecular formula is C14H14O3. The van der Waals surface area contributed by atoms with Gasteiger partial charge in [-0.25, -0.2) is 0 Å². The molecule has 0 aliphatic heterocycles. The molecule has 2 aromatic carbocycles. The SMILES string of the molecule is COc1cc2cc(C)ccc2cc1CC(=O)O. The van der Waals surface area contributed by atoms with E-state index in [4.69, 9.17) is 9.84 Å². The third-order valence-corrected chi connectivity index (χ3v) is 2.74. The van der Waals surface area contributed by atoms with Crippen LogP contribution in [0.2, 0.25) is 0 Å². The van der Waals surface area contributed by atoms with E-state index in [1.807, 2.05) is 31.2 Å². The minimum atomic E-state index is -0.852. The topological polar surface area (TPSA) is 46.5 Å². The quantitative estimate of drug-likeness (QED) is 0.881. The Morgan fingerprint density at radius 2 is 2.00 bits per heavy atom. The Morgan fingerprint density at radius 3 is 2.65 bits per heavy atom. The average Bonchev–Trinajstić information content (AvgIpc) is 2.28. The van der Waals surface area contributed by atoms with E-state index < -0.39 is 5.97 Å². The van der Waals surface area contributed by atoms with Gasteiger partial charge in [0, 0.05) is 5.56 Å². The van der Waals surface area contributed by atoms with Crippen LogP contribution in [0.5, 0.6) is 5.75 Å². The molecule has 0 fully saturated rings. The maximum absolute atomic E-state index is 10.8. The molecular weight excluding hydrogens is 216 g/mol. The summed E-state index contributed by atoms with van der Waals surface area (Å²) in [6.07, 6.45) is -0.0208. The van der Waals surface area contributed by atoms with Crippen LogP contribution in [-0.2, 0) is 11.2 Å². The maximum atomic E-state index is 10.8. The number of ether oxygens (including phenoxy) is 1. The standard InChI is InChI=1S/C14H14O3/c1-9-3-4-10-6-12(8-14(15)16)13(17-2)7-11(10)5-9/h3-7H,8H2,1-2H3,(H,15,16). The van der Waals surface area contributed by atoms with Gasteiger partial charge in [0.15, 0.2) is 0 Å². The summed E-state index contributed by atoms with van der Waals surface area (Å²) in [5.74, 6) is -0.222. The highest BCUT2D eigenvalue weighted by molar-refractivity contribution is 5.87. The minimum Gasteiger partial charge on any atom is -0.496 e. The highest BCUT2D eigenvalue weighted by atomic mass is 16.5. The fourth-order valence-electron chi connectivity index (χ4n) is 1.93. The number of hydrogen-bond donors (Lipinski definition) is 1. The number of fused-ring (bicyclic) bond motifs is 1. The lowest BCUT2D eigenvalue weighted by molar-refractivity contribution is -0.136. The van der Waals surface area contributed by atoms with Crippen LogP contribution in [0.4, 0.5) is 0 Å². The van der Waals surface area contributed by atoms with E-state index in [1.165, 1.54) is 5.56 Å². The molecule has 0 aliphatic carbocycles. The van der Waals surface area contributed by atoms with Crippen molar-refractivity contribution in [2.24, 2.45) is 0 Å². The van der Waals surface area contributed by atoms with Crippen LogP contribution in [0.15, 0.2) is 30.3 Å². The highest BCUT2D eigenvalue weighted by Gasteiger charge is 2.09. The molecule has 0 unspecified atom stereocenters. The summed E-state index contributed by atoms with van der Waals surface area (Å²) in [4.78, 5) is 10.8. The van der Waals surface area contributed by atoms with Gasteiger partial charge in [-0.1, -0.05) is 23.8 Å². The van der Waals surface area contributed by atoms with E-state index in [-0.39, 0.29) is 6.42 Å². The number of benzene rings is 2. The molecule has 17 heavy (non-hydrogen) atoms. The van der Waals surface area contributed by atoms with Crippen molar-refractivity contribution >= 4 is 16.7 Å². The second kappa shape index (κ2) is 4.45. The summed E-state index contributed by atoms with van der Waals surface area (Å²) in [5.41, 5.74) is 1.88. The predicted molar refractivity (Wildman–Crippen MR) is 66.6 cm³/mol. The van der Waals surface area contributed by atoms with Crippen molar-refractivity contribution in [2.75, 3.05) is 7.11 Å². The average molecular weight is 230 g/mol. The first-order valence-corrected chi connectivity index (χ1v) is 5.39. The van der Waals surface area contributed by atoms with Gasteiger partial charge >= 0.3 is 5.97 Å². The van der Waals surface area contributed by atoms with Crippen LogP contribution in [0.1, 0.15) is 11.1 Å². The number of rotatable bonds is 3. The van der Waals surface area contributed by atoms with Crippen molar-refractivity contribution in [2.45, 2.75) is 13.3 Å². The van der Waals surface area contributed by atoms with Crippen molar-refractivity contribution < 1.29 is 14.6 Å². The molecule has 88 valence electrons. The Bertz CT molecular complexity index is 573. The molecule has 0 saturated heterocycles. The number of aliphatic carboxylic acids is 1. The number of carboxylic acid groups (broad SMARTS) is 1. The van der Waals surface area contributed by atoms with Gasteiger partial charge in [-0.3, -0.25) is 4.79 Å². The van der Waals surface area contributed by atoms with E-state index in [9.17, 15) is 4.79 Å².